The number of hydrogen-bond donors (Lipinski definition) is 1. The van der Waals surface area contributed by atoms with E-state index in [0.29, 0.717) is 21.4 Å². The molecule has 100 valence electrons. The van der Waals surface area contributed by atoms with Gasteiger partial charge in [-0.1, -0.05) is 29.3 Å². The van der Waals surface area contributed by atoms with Crippen LogP contribution in [0.3, 0.4) is 0 Å². The molecular weight excluding hydrogens is 288 g/mol. The van der Waals surface area contributed by atoms with Crippen molar-refractivity contribution >= 4 is 23.2 Å². The Morgan fingerprint density at radius 2 is 1.84 bits per heavy atom. The van der Waals surface area contributed by atoms with Gasteiger partial charge in [0.05, 0.1) is 10.0 Å². The molecule has 0 saturated heterocycles. The number of ether oxygens (including phenoxy) is 1. The normalized spacial score (nSPS) is 12.3. The largest absolute Gasteiger partial charge is 0.454 e. The third-order valence-electron chi connectivity index (χ3n) is 2.60. The number of halogens is 3. The molecule has 0 aliphatic rings. The molecule has 0 radical (unpaired) electrons. The minimum absolute atomic E-state index is 0.114. The van der Waals surface area contributed by atoms with Gasteiger partial charge in [0.25, 0.3) is 0 Å². The van der Waals surface area contributed by atoms with Crippen LogP contribution in [0.5, 0.6) is 11.5 Å². The summed E-state index contributed by atoms with van der Waals surface area (Å²) in [6.45, 7) is 1.79. The van der Waals surface area contributed by atoms with E-state index >= 15 is 0 Å². The SMILES string of the molecule is C[C@H](N)c1ccc(Oc2ccc(Cl)c(Cl)c2)c(F)c1. The maximum absolute atomic E-state index is 13.8. The summed E-state index contributed by atoms with van der Waals surface area (Å²) in [6.07, 6.45) is 0. The zero-order valence-electron chi connectivity index (χ0n) is 10.2. The van der Waals surface area contributed by atoms with E-state index in [9.17, 15) is 4.39 Å². The molecule has 0 aliphatic heterocycles. The van der Waals surface area contributed by atoms with E-state index in [1.54, 1.807) is 25.1 Å². The minimum Gasteiger partial charge on any atom is -0.454 e. The highest BCUT2D eigenvalue weighted by molar-refractivity contribution is 6.42. The third kappa shape index (κ3) is 3.38. The van der Waals surface area contributed by atoms with Gasteiger partial charge < -0.3 is 10.5 Å². The molecule has 0 amide bonds. The van der Waals surface area contributed by atoms with E-state index in [-0.39, 0.29) is 11.8 Å². The lowest BCUT2D eigenvalue weighted by Gasteiger charge is -2.10. The minimum atomic E-state index is -0.471. The van der Waals surface area contributed by atoms with Crippen molar-refractivity contribution in [2.75, 3.05) is 0 Å². The molecule has 0 bridgehead atoms. The average Bonchev–Trinajstić information content (AvgIpc) is 2.36. The van der Waals surface area contributed by atoms with E-state index in [1.165, 1.54) is 18.2 Å². The summed E-state index contributed by atoms with van der Waals surface area (Å²) in [7, 11) is 0. The Morgan fingerprint density at radius 3 is 2.42 bits per heavy atom. The summed E-state index contributed by atoms with van der Waals surface area (Å²) < 4.78 is 19.3. The van der Waals surface area contributed by atoms with Gasteiger partial charge in [-0.15, -0.1) is 0 Å². The topological polar surface area (TPSA) is 35.2 Å². The second-order valence-electron chi connectivity index (χ2n) is 4.16. The molecule has 19 heavy (non-hydrogen) atoms. The summed E-state index contributed by atoms with van der Waals surface area (Å²) in [4.78, 5) is 0. The number of benzene rings is 2. The van der Waals surface area contributed by atoms with Gasteiger partial charge in [0.15, 0.2) is 11.6 Å². The fourth-order valence-electron chi connectivity index (χ4n) is 1.55. The standard InChI is InChI=1S/C14H12Cl2FNO/c1-8(18)9-2-5-14(13(17)6-9)19-10-3-4-11(15)12(16)7-10/h2-8H,18H2,1H3/t8-/m0/s1. The van der Waals surface area contributed by atoms with Crippen LogP contribution >= 0.6 is 23.2 Å². The lowest BCUT2D eigenvalue weighted by atomic mass is 10.1. The molecule has 2 aromatic rings. The van der Waals surface area contributed by atoms with Crippen molar-refractivity contribution in [3.63, 3.8) is 0 Å². The van der Waals surface area contributed by atoms with Crippen LogP contribution in [0, 0.1) is 5.82 Å². The fourth-order valence-corrected chi connectivity index (χ4v) is 1.84. The van der Waals surface area contributed by atoms with Gasteiger partial charge in [0, 0.05) is 12.1 Å². The van der Waals surface area contributed by atoms with Gasteiger partial charge in [-0.05, 0) is 36.8 Å². The van der Waals surface area contributed by atoms with Gasteiger partial charge in [-0.2, -0.15) is 0 Å². The first-order chi connectivity index (χ1) is 8.97. The molecule has 0 aromatic heterocycles. The maximum atomic E-state index is 13.8. The lowest BCUT2D eigenvalue weighted by Crippen LogP contribution is -2.05. The highest BCUT2D eigenvalue weighted by Gasteiger charge is 2.09. The second kappa shape index (κ2) is 5.78. The van der Waals surface area contributed by atoms with Crippen LogP contribution in [0.25, 0.3) is 0 Å². The van der Waals surface area contributed by atoms with Crippen molar-refractivity contribution in [2.45, 2.75) is 13.0 Å². The van der Waals surface area contributed by atoms with Crippen LogP contribution in [-0.2, 0) is 0 Å². The van der Waals surface area contributed by atoms with Crippen LogP contribution in [-0.4, -0.2) is 0 Å². The summed E-state index contributed by atoms with van der Waals surface area (Å²) in [6, 6.07) is 9.13. The Morgan fingerprint density at radius 1 is 1.11 bits per heavy atom. The van der Waals surface area contributed by atoms with Crippen LogP contribution in [0.15, 0.2) is 36.4 Å². The zero-order valence-corrected chi connectivity index (χ0v) is 11.7. The molecule has 0 heterocycles. The van der Waals surface area contributed by atoms with Gasteiger partial charge in [-0.3, -0.25) is 0 Å². The number of rotatable bonds is 3. The summed E-state index contributed by atoms with van der Waals surface area (Å²) in [5.41, 5.74) is 6.39. The maximum Gasteiger partial charge on any atom is 0.166 e. The van der Waals surface area contributed by atoms with Crippen LogP contribution in [0.2, 0.25) is 10.0 Å². The Labute approximate surface area is 120 Å². The molecule has 1 atom stereocenters. The second-order valence-corrected chi connectivity index (χ2v) is 4.97. The van der Waals surface area contributed by atoms with E-state index in [1.807, 2.05) is 0 Å². The smallest absolute Gasteiger partial charge is 0.166 e. The van der Waals surface area contributed by atoms with Crippen LogP contribution in [0.1, 0.15) is 18.5 Å². The average molecular weight is 300 g/mol. The molecule has 2 rings (SSSR count). The molecule has 0 saturated carbocycles. The third-order valence-corrected chi connectivity index (χ3v) is 3.34. The van der Waals surface area contributed by atoms with Crippen molar-refractivity contribution in [2.24, 2.45) is 5.73 Å². The van der Waals surface area contributed by atoms with Crippen molar-refractivity contribution in [3.05, 3.63) is 57.8 Å². The van der Waals surface area contributed by atoms with Crippen molar-refractivity contribution in [3.8, 4) is 11.5 Å². The van der Waals surface area contributed by atoms with Crippen LogP contribution in [0.4, 0.5) is 4.39 Å². The number of hydrogen-bond acceptors (Lipinski definition) is 2. The molecule has 5 heteroatoms. The summed E-state index contributed by atoms with van der Waals surface area (Å²) in [5.74, 6) is 0.0607. The molecule has 0 unspecified atom stereocenters. The quantitative estimate of drug-likeness (QED) is 0.871. The molecule has 0 spiro atoms. The summed E-state index contributed by atoms with van der Waals surface area (Å²) >= 11 is 11.7. The monoisotopic (exact) mass is 299 g/mol. The predicted octanol–water partition coefficient (Wildman–Crippen LogP) is 4.94. The van der Waals surface area contributed by atoms with Gasteiger partial charge in [0.1, 0.15) is 5.75 Å². The Hall–Kier alpha value is -1.29. The molecular formula is C14H12Cl2FNO. The molecule has 0 fully saturated rings. The van der Waals surface area contributed by atoms with Gasteiger partial charge >= 0.3 is 0 Å². The Kier molecular flexibility index (Phi) is 4.30. The first-order valence-electron chi connectivity index (χ1n) is 5.65. The van der Waals surface area contributed by atoms with E-state index < -0.39 is 5.82 Å². The van der Waals surface area contributed by atoms with E-state index in [2.05, 4.69) is 0 Å². The first-order valence-corrected chi connectivity index (χ1v) is 6.41. The van der Waals surface area contributed by atoms with Crippen LogP contribution < -0.4 is 10.5 Å². The Balaban J connectivity index is 2.25. The van der Waals surface area contributed by atoms with Gasteiger partial charge in [0.2, 0.25) is 0 Å². The zero-order chi connectivity index (χ0) is 14.0. The van der Waals surface area contributed by atoms with Crippen molar-refractivity contribution in [1.82, 2.24) is 0 Å². The van der Waals surface area contributed by atoms with E-state index in [4.69, 9.17) is 33.7 Å². The Bertz CT molecular complexity index is 602. The summed E-state index contributed by atoms with van der Waals surface area (Å²) in [5, 5.41) is 0.772. The molecule has 0 aliphatic carbocycles. The molecule has 2 aromatic carbocycles. The van der Waals surface area contributed by atoms with Crippen molar-refractivity contribution in [1.29, 1.82) is 0 Å². The highest BCUT2D eigenvalue weighted by atomic mass is 35.5. The number of nitrogens with two attached hydrogens (primary N) is 1. The highest BCUT2D eigenvalue weighted by Crippen LogP contribution is 2.31. The fraction of sp³-hybridized carbons (Fsp3) is 0.143. The predicted molar refractivity (Wildman–Crippen MR) is 75.5 cm³/mol. The molecule has 2 N–H and O–H groups in total. The molecule has 2 nitrogen and oxygen atoms in total. The lowest BCUT2D eigenvalue weighted by molar-refractivity contribution is 0.441. The van der Waals surface area contributed by atoms with E-state index in [0.717, 1.165) is 0 Å². The first kappa shape index (κ1) is 14.1. The van der Waals surface area contributed by atoms with Crippen molar-refractivity contribution < 1.29 is 9.13 Å². The van der Waals surface area contributed by atoms with Gasteiger partial charge in [-0.25, -0.2) is 4.39 Å².